The zero-order valence-electron chi connectivity index (χ0n) is 31.5. The molecular weight excluding hydrogens is 715 g/mol. The van der Waals surface area contributed by atoms with Gasteiger partial charge in [-0.2, -0.15) is 0 Å². The Labute approximate surface area is 329 Å². The van der Waals surface area contributed by atoms with Gasteiger partial charge in [-0.1, -0.05) is 134 Å². The molecule has 4 N–H and O–H groups in total. The topological polar surface area (TPSA) is 109 Å². The molecule has 0 bridgehead atoms. The van der Waals surface area contributed by atoms with Crippen molar-refractivity contribution in [2.45, 2.75) is 4.90 Å². The number of nitrogen functional groups attached to an aromatic ring is 2. The molecule has 0 aliphatic carbocycles. The van der Waals surface area contributed by atoms with Crippen molar-refractivity contribution in [1.82, 2.24) is 0 Å². The van der Waals surface area contributed by atoms with Gasteiger partial charge in [0, 0.05) is 28.8 Å². The van der Waals surface area contributed by atoms with Crippen molar-refractivity contribution in [3.63, 3.8) is 0 Å². The van der Waals surface area contributed by atoms with Gasteiger partial charge in [-0.15, -0.1) is 0 Å². The molecule has 0 saturated heterocycles. The second kappa shape index (κ2) is 19.3. The maximum atomic E-state index is 11.5. The van der Waals surface area contributed by atoms with Crippen molar-refractivity contribution >= 4 is 75.5 Å². The van der Waals surface area contributed by atoms with Crippen LogP contribution in [0.5, 0.6) is 11.5 Å². The fraction of sp³-hybridized carbons (Fsp3) is 0.0625. The normalized spacial score (nSPS) is 11.5. The molecule has 0 spiro atoms. The number of nitrogens with zero attached hydrogens (tertiary/aromatic N) is 1. The molecule has 56 heavy (non-hydrogen) atoms. The van der Waals surface area contributed by atoms with Crippen molar-refractivity contribution in [3.8, 4) is 11.5 Å². The summed E-state index contributed by atoms with van der Waals surface area (Å²) in [5, 5.41) is 0. The molecular formula is C48H43N3O4S. The van der Waals surface area contributed by atoms with E-state index in [1.165, 1.54) is 6.26 Å². The second-order valence-corrected chi connectivity index (χ2v) is 14.7. The molecule has 0 amide bonds. The van der Waals surface area contributed by atoms with Crippen LogP contribution >= 0.6 is 0 Å². The highest BCUT2D eigenvalue weighted by atomic mass is 32.2. The van der Waals surface area contributed by atoms with E-state index in [2.05, 4.69) is 10.9 Å². The van der Waals surface area contributed by atoms with E-state index in [4.69, 9.17) is 27.5 Å². The Hall–Kier alpha value is -7.08. The lowest BCUT2D eigenvalue weighted by Crippen LogP contribution is -1.95. The Kier molecular flexibility index (Phi) is 13.8. The van der Waals surface area contributed by atoms with Crippen LogP contribution in [0.25, 0.3) is 53.5 Å². The number of anilines is 2. The summed E-state index contributed by atoms with van der Waals surface area (Å²) in [6.45, 7) is 7.00. The molecule has 0 unspecified atom stereocenters. The van der Waals surface area contributed by atoms with Crippen LogP contribution < -0.4 is 20.9 Å². The number of benzene rings is 6. The number of ether oxygens (including phenoxy) is 2. The van der Waals surface area contributed by atoms with E-state index in [0.29, 0.717) is 10.6 Å². The summed E-state index contributed by atoms with van der Waals surface area (Å²) in [7, 11) is 0.138. The molecule has 0 aliphatic heterocycles. The van der Waals surface area contributed by atoms with Crippen LogP contribution in [0.2, 0.25) is 0 Å². The van der Waals surface area contributed by atoms with E-state index < -0.39 is 9.84 Å². The van der Waals surface area contributed by atoms with Crippen LogP contribution in [-0.2, 0) is 9.84 Å². The minimum atomic E-state index is -3.18. The van der Waals surface area contributed by atoms with Gasteiger partial charge in [0.2, 0.25) is 0 Å². The van der Waals surface area contributed by atoms with Crippen LogP contribution in [0.4, 0.5) is 17.1 Å². The number of methoxy groups -OCH3 is 2. The highest BCUT2D eigenvalue weighted by Gasteiger charge is 2.06. The van der Waals surface area contributed by atoms with Gasteiger partial charge < -0.3 is 20.9 Å². The lowest BCUT2D eigenvalue weighted by atomic mass is 10.1. The van der Waals surface area contributed by atoms with Crippen LogP contribution in [-0.4, -0.2) is 28.9 Å². The third kappa shape index (κ3) is 12.0. The minimum Gasteiger partial charge on any atom is -0.496 e. The highest BCUT2D eigenvalue weighted by Crippen LogP contribution is 2.26. The predicted octanol–water partition coefficient (Wildman–Crippen LogP) is 11.2. The SMILES string of the molecule is COc1cc(/C=C/c2ccc(S(C)(=O)=O)cc2)ccc1/C=C/c1ccc(N)cc1.[C-]#[N+]c1ccc(/C=C/c2ccc(/C=C/c3ccc(N)cc3)c(OC)c2)cc1. The van der Waals surface area contributed by atoms with E-state index in [0.717, 1.165) is 67.4 Å². The molecule has 0 heterocycles. The number of rotatable bonds is 11. The standard InChI is InChI=1S/C24H20N2O.C24H23NO3S/c1-26-23-15-9-18(10-16-23)3-4-20-6-12-21(24(17-20)27-2)11-5-19-7-13-22(25)14-8-19;1-28-24-17-20(4-3-18-9-15-23(16-10-18)29(2,26)27)6-12-21(24)11-5-19-7-13-22(25)14-8-19/h3-17H,25H2,2H3;3-17H,25H2,1-2H3/b2*4-3+,11-5+. The predicted molar refractivity (Wildman–Crippen MR) is 236 cm³/mol. The maximum Gasteiger partial charge on any atom is 0.187 e. The molecule has 0 saturated carbocycles. The molecule has 6 aromatic rings. The van der Waals surface area contributed by atoms with E-state index in [1.54, 1.807) is 38.5 Å². The summed E-state index contributed by atoms with van der Waals surface area (Å²) in [6, 6.07) is 41.8. The molecule has 0 aromatic heterocycles. The first-order chi connectivity index (χ1) is 27.0. The number of nitrogens with two attached hydrogens (primary N) is 2. The lowest BCUT2D eigenvalue weighted by Gasteiger charge is -2.06. The van der Waals surface area contributed by atoms with Gasteiger partial charge in [-0.3, -0.25) is 0 Å². The quantitative estimate of drug-likeness (QED) is 0.0774. The van der Waals surface area contributed by atoms with Crippen molar-refractivity contribution in [2.75, 3.05) is 31.9 Å². The number of hydrogen-bond acceptors (Lipinski definition) is 6. The fourth-order valence-corrected chi connectivity index (χ4v) is 6.03. The third-order valence-corrected chi connectivity index (χ3v) is 9.69. The van der Waals surface area contributed by atoms with E-state index in [1.807, 2.05) is 152 Å². The Morgan fingerprint density at radius 1 is 0.482 bits per heavy atom. The van der Waals surface area contributed by atoms with Crippen molar-refractivity contribution < 1.29 is 17.9 Å². The molecule has 6 rings (SSSR count). The Morgan fingerprint density at radius 2 is 0.804 bits per heavy atom. The average molecular weight is 758 g/mol. The van der Waals surface area contributed by atoms with Gasteiger partial charge in [-0.05, 0) is 81.9 Å². The fourth-order valence-electron chi connectivity index (χ4n) is 5.40. The summed E-state index contributed by atoms with van der Waals surface area (Å²) < 4.78 is 34.1. The van der Waals surface area contributed by atoms with Crippen LogP contribution in [0.3, 0.4) is 0 Å². The van der Waals surface area contributed by atoms with Crippen LogP contribution in [0.1, 0.15) is 44.5 Å². The molecule has 6 aromatic carbocycles. The average Bonchev–Trinajstić information content (AvgIpc) is 3.22. The van der Waals surface area contributed by atoms with Crippen molar-refractivity contribution in [2.24, 2.45) is 0 Å². The Balaban J connectivity index is 0.000000215. The van der Waals surface area contributed by atoms with Gasteiger partial charge in [0.25, 0.3) is 0 Å². The van der Waals surface area contributed by atoms with Crippen molar-refractivity contribution in [3.05, 3.63) is 189 Å². The van der Waals surface area contributed by atoms with Gasteiger partial charge >= 0.3 is 0 Å². The zero-order chi connectivity index (χ0) is 39.9. The largest absolute Gasteiger partial charge is 0.496 e. The Bertz CT molecular complexity index is 2510. The highest BCUT2D eigenvalue weighted by molar-refractivity contribution is 7.90. The third-order valence-electron chi connectivity index (χ3n) is 8.57. The number of sulfone groups is 1. The first-order valence-electron chi connectivity index (χ1n) is 17.6. The first-order valence-corrected chi connectivity index (χ1v) is 19.5. The van der Waals surface area contributed by atoms with E-state index >= 15 is 0 Å². The summed E-state index contributed by atoms with van der Waals surface area (Å²) in [4.78, 5) is 3.72. The molecule has 0 atom stereocenters. The Morgan fingerprint density at radius 3 is 1.16 bits per heavy atom. The van der Waals surface area contributed by atoms with Crippen LogP contribution in [0.15, 0.2) is 138 Å². The maximum absolute atomic E-state index is 11.5. The monoisotopic (exact) mass is 757 g/mol. The molecule has 0 fully saturated rings. The molecule has 7 nitrogen and oxygen atoms in total. The van der Waals surface area contributed by atoms with Crippen molar-refractivity contribution in [1.29, 1.82) is 0 Å². The molecule has 0 radical (unpaired) electrons. The van der Waals surface area contributed by atoms with Crippen LogP contribution in [0, 0.1) is 6.57 Å². The van der Waals surface area contributed by atoms with Gasteiger partial charge in [0.1, 0.15) is 11.5 Å². The zero-order valence-corrected chi connectivity index (χ0v) is 32.3. The summed E-state index contributed by atoms with van der Waals surface area (Å²) >= 11 is 0. The van der Waals surface area contributed by atoms with E-state index in [9.17, 15) is 8.42 Å². The summed E-state index contributed by atoms with van der Waals surface area (Å²) in [5.74, 6) is 1.58. The minimum absolute atomic E-state index is 0.313. The second-order valence-electron chi connectivity index (χ2n) is 12.7. The summed E-state index contributed by atoms with van der Waals surface area (Å²) in [6.07, 6.45) is 17.2. The van der Waals surface area contributed by atoms with Gasteiger partial charge in [0.15, 0.2) is 15.5 Å². The molecule has 8 heteroatoms. The first kappa shape index (κ1) is 40.1. The smallest absolute Gasteiger partial charge is 0.187 e. The molecule has 0 aliphatic rings. The summed E-state index contributed by atoms with van der Waals surface area (Å²) in [5.41, 5.74) is 21.7. The number of hydrogen-bond donors (Lipinski definition) is 2. The lowest BCUT2D eigenvalue weighted by molar-refractivity contribution is 0.413. The van der Waals surface area contributed by atoms with Gasteiger partial charge in [0.05, 0.1) is 25.7 Å². The van der Waals surface area contributed by atoms with E-state index in [-0.39, 0.29) is 0 Å². The van der Waals surface area contributed by atoms with Gasteiger partial charge in [-0.25, -0.2) is 13.3 Å². The molecule has 280 valence electrons.